The van der Waals surface area contributed by atoms with Crippen molar-refractivity contribution in [2.75, 3.05) is 16.4 Å². The maximum absolute atomic E-state index is 13.2. The number of pyridine rings is 5. The predicted octanol–water partition coefficient (Wildman–Crippen LogP) is 12.0. The lowest BCUT2D eigenvalue weighted by Crippen LogP contribution is -2.44. The molecule has 5 aromatic heterocycles. The van der Waals surface area contributed by atoms with Crippen LogP contribution < -0.4 is 16.4 Å². The molecular weight excluding hydrogens is 1070 g/mol. The summed E-state index contributed by atoms with van der Waals surface area (Å²) in [5, 5.41) is 5.30. The van der Waals surface area contributed by atoms with Crippen molar-refractivity contribution >= 4 is 108 Å². The number of carbonyl (C=O) groups excluding carboxylic acids is 2. The Labute approximate surface area is 415 Å². The number of nitrogen functional groups attached to an aromatic ring is 1. The lowest BCUT2D eigenvalue weighted by Gasteiger charge is -2.25. The number of hydrogen-bond acceptors (Lipinski definition) is 13. The van der Waals surface area contributed by atoms with E-state index in [0.29, 0.717) is 19.6 Å². The number of rotatable bonds is 2. The molecule has 27 heteroatoms. The molecule has 15 nitrogen and oxygen atoms in total. The standard InChI is InChI=1S/C11H15FN2O2.C10H12ClFN2O2.C6H7FN2.C5H2ClFIN.C5H3ClFN.C3H9B3O3/c1-7-5-9(8(12)6-13-7)14-10(15)16-11(2,3)4;1-10(2,3)16-9(15)14-7-4-8(11)13-5-6(7)12;1-4-2-6(8)5(7)3-9-4;6-5-1-4(8)3(7)2-9-5;6-5-2-1-4(7)3-8-5;1-4-7-5(2)9-6(3)8-4/h5-6H,1-4H3,(H,13,14,15);4-5H,1-3H3,(H,13,14,15);2-3H,1H3,(H2,8,9);1-2H;1-3H;1-3H3. The summed E-state index contributed by atoms with van der Waals surface area (Å²) < 4.78 is 88.8. The van der Waals surface area contributed by atoms with Crippen LogP contribution in [-0.2, 0) is 23.2 Å². The number of carbonyl (C=O) groups is 2. The van der Waals surface area contributed by atoms with E-state index in [9.17, 15) is 31.5 Å². The smallest absolute Gasteiger partial charge is 0.426 e. The van der Waals surface area contributed by atoms with Gasteiger partial charge in [0, 0.05) is 17.5 Å². The molecule has 5 aromatic rings. The third-order valence-electron chi connectivity index (χ3n) is 6.72. The van der Waals surface area contributed by atoms with Crippen LogP contribution >= 0.6 is 57.4 Å². The van der Waals surface area contributed by atoms with E-state index in [2.05, 4.69) is 35.6 Å². The summed E-state index contributed by atoms with van der Waals surface area (Å²) >= 11 is 18.2. The fraction of sp³-hybridized carbons (Fsp3) is 0.325. The van der Waals surface area contributed by atoms with Crippen molar-refractivity contribution in [3.63, 3.8) is 0 Å². The molecule has 0 spiro atoms. The van der Waals surface area contributed by atoms with Gasteiger partial charge in [-0.25, -0.2) is 46.5 Å². The monoisotopic (exact) mass is 1110 g/mol. The van der Waals surface area contributed by atoms with Gasteiger partial charge >= 0.3 is 33.5 Å². The van der Waals surface area contributed by atoms with Crippen molar-refractivity contribution in [1.82, 2.24) is 24.9 Å². The van der Waals surface area contributed by atoms with Crippen molar-refractivity contribution in [1.29, 1.82) is 0 Å². The van der Waals surface area contributed by atoms with Crippen LogP contribution in [0.15, 0.2) is 67.4 Å². The van der Waals surface area contributed by atoms with Gasteiger partial charge in [-0.1, -0.05) is 34.8 Å². The van der Waals surface area contributed by atoms with Gasteiger partial charge in [-0.3, -0.25) is 20.6 Å². The number of nitrogens with two attached hydrogens (primary N) is 1. The first kappa shape index (κ1) is 60.4. The second kappa shape index (κ2) is 29.3. The number of hydrogen-bond donors (Lipinski definition) is 3. The van der Waals surface area contributed by atoms with E-state index in [1.54, 1.807) is 55.4 Å². The van der Waals surface area contributed by atoms with Crippen LogP contribution in [0.1, 0.15) is 52.9 Å². The molecule has 6 heterocycles. The normalized spacial score (nSPS) is 11.8. The Kier molecular flexibility index (Phi) is 26.5. The average molecular weight is 1110 g/mol. The van der Waals surface area contributed by atoms with Crippen LogP contribution in [0.3, 0.4) is 0 Å². The third-order valence-corrected chi connectivity index (χ3v) is 8.19. The number of nitrogens with one attached hydrogen (secondary N) is 2. The first-order valence-electron chi connectivity index (χ1n) is 19.4. The quantitative estimate of drug-likeness (QED) is 0.0654. The molecule has 0 radical (unpaired) electrons. The van der Waals surface area contributed by atoms with E-state index in [1.165, 1.54) is 36.4 Å². The van der Waals surface area contributed by atoms with Gasteiger partial charge in [-0.05, 0) is 129 Å². The summed E-state index contributed by atoms with van der Waals surface area (Å²) in [4.78, 5) is 40.7. The number of aryl methyl sites for hydroxylation is 2. The van der Waals surface area contributed by atoms with Gasteiger partial charge in [0.25, 0.3) is 0 Å². The molecule has 0 saturated carbocycles. The Morgan fingerprint density at radius 1 is 0.597 bits per heavy atom. The van der Waals surface area contributed by atoms with Crippen LogP contribution in [0, 0.1) is 46.5 Å². The maximum atomic E-state index is 13.2. The highest BCUT2D eigenvalue weighted by Crippen LogP contribution is 2.19. The number of nitrogens with zero attached hydrogens (tertiary/aromatic N) is 5. The second-order valence-corrected chi connectivity index (χ2v) is 17.5. The molecule has 0 aromatic carbocycles. The molecule has 1 aliphatic rings. The summed E-state index contributed by atoms with van der Waals surface area (Å²) in [5.41, 5.74) is 5.47. The molecule has 0 unspecified atom stereocenters. The van der Waals surface area contributed by atoms with E-state index >= 15 is 0 Å². The van der Waals surface area contributed by atoms with Crippen LogP contribution in [0.4, 0.5) is 48.6 Å². The summed E-state index contributed by atoms with van der Waals surface area (Å²) in [7, 11) is -0.406. The maximum Gasteiger partial charge on any atom is 0.426 e. The Morgan fingerprint density at radius 3 is 1.36 bits per heavy atom. The third kappa shape index (κ3) is 28.4. The highest BCUT2D eigenvalue weighted by atomic mass is 127. The lowest BCUT2D eigenvalue weighted by molar-refractivity contribution is 0.0624. The minimum Gasteiger partial charge on any atom is -0.453 e. The van der Waals surface area contributed by atoms with Gasteiger partial charge in [0.2, 0.25) is 0 Å². The minimum absolute atomic E-state index is 0.0609. The molecule has 0 aliphatic carbocycles. The van der Waals surface area contributed by atoms with Crippen molar-refractivity contribution in [3.05, 3.63) is 127 Å². The van der Waals surface area contributed by atoms with Gasteiger partial charge < -0.3 is 28.9 Å². The van der Waals surface area contributed by atoms with Crippen LogP contribution in [-0.4, -0.2) is 69.7 Å². The Morgan fingerprint density at radius 2 is 0.985 bits per heavy atom. The second-order valence-electron chi connectivity index (χ2n) is 15.2. The van der Waals surface area contributed by atoms with Crippen LogP contribution in [0.5, 0.6) is 0 Å². The van der Waals surface area contributed by atoms with E-state index in [4.69, 9.17) is 63.7 Å². The molecule has 1 saturated heterocycles. The minimum atomic E-state index is -0.742. The van der Waals surface area contributed by atoms with Crippen molar-refractivity contribution in [2.45, 2.75) is 87.1 Å². The molecule has 6 rings (SSSR count). The van der Waals surface area contributed by atoms with Gasteiger partial charge in [-0.15, -0.1) is 0 Å². The molecule has 4 N–H and O–H groups in total. The summed E-state index contributed by atoms with van der Waals surface area (Å²) in [6.07, 6.45) is 3.85. The molecular formula is C40H48B3Cl3F5IN8O7. The van der Waals surface area contributed by atoms with E-state index < -0.39 is 40.8 Å². The number of aromatic nitrogens is 5. The Hall–Kier alpha value is -4.59. The topological polar surface area (TPSA) is 195 Å². The van der Waals surface area contributed by atoms with E-state index in [-0.39, 0.29) is 55.2 Å². The largest absolute Gasteiger partial charge is 0.453 e. The van der Waals surface area contributed by atoms with Crippen LogP contribution in [0.25, 0.3) is 0 Å². The zero-order chi connectivity index (χ0) is 51.2. The van der Waals surface area contributed by atoms with Crippen molar-refractivity contribution < 1.29 is 54.7 Å². The summed E-state index contributed by atoms with van der Waals surface area (Å²) in [5.74, 6) is -2.42. The van der Waals surface area contributed by atoms with Crippen molar-refractivity contribution in [2.24, 2.45) is 0 Å². The highest BCUT2D eigenvalue weighted by molar-refractivity contribution is 14.1. The Balaban J connectivity index is 0.000000412. The van der Waals surface area contributed by atoms with Gasteiger partial charge in [-0.2, -0.15) is 0 Å². The molecule has 0 bridgehead atoms. The number of halogens is 9. The highest BCUT2D eigenvalue weighted by Gasteiger charge is 2.31. The zero-order valence-electron chi connectivity index (χ0n) is 38.2. The molecule has 2 amide bonds. The predicted molar refractivity (Wildman–Crippen MR) is 260 cm³/mol. The van der Waals surface area contributed by atoms with Crippen molar-refractivity contribution in [3.8, 4) is 0 Å². The number of amides is 2. The first-order chi connectivity index (χ1) is 30.9. The fourth-order valence-electron chi connectivity index (χ4n) is 4.19. The van der Waals surface area contributed by atoms with E-state index in [0.717, 1.165) is 36.7 Å². The first-order valence-corrected chi connectivity index (χ1v) is 21.6. The number of anilines is 3. The van der Waals surface area contributed by atoms with Crippen LogP contribution in [0.2, 0.25) is 35.9 Å². The SMILES string of the molecule is CB1OB(C)OB(C)O1.CC(C)(C)OC(=O)Nc1cc(Cl)ncc1F.Cc1cc(N)c(F)cn1.Cc1cc(NC(=O)OC(C)(C)C)c(F)cn1.Fc1ccc(Cl)nc1.Fc1cnc(Cl)cc1I. The summed E-state index contributed by atoms with van der Waals surface area (Å²) in [6, 6.07) is 8.28. The zero-order valence-corrected chi connectivity index (χ0v) is 42.6. The molecule has 1 aliphatic heterocycles. The molecule has 67 heavy (non-hydrogen) atoms. The molecule has 362 valence electrons. The lowest BCUT2D eigenvalue weighted by atomic mass is 9.74. The van der Waals surface area contributed by atoms with Gasteiger partial charge in [0.15, 0.2) is 23.3 Å². The van der Waals surface area contributed by atoms with Gasteiger partial charge in [0.1, 0.15) is 32.5 Å². The summed E-state index contributed by atoms with van der Waals surface area (Å²) in [6.45, 7) is 19.4. The molecule has 1 fully saturated rings. The van der Waals surface area contributed by atoms with Gasteiger partial charge in [0.05, 0.1) is 51.6 Å². The number of ether oxygens (including phenoxy) is 2. The molecule has 0 atom stereocenters. The Bertz CT molecular complexity index is 2180. The fourth-order valence-corrected chi connectivity index (χ4v) is 5.24. The average Bonchev–Trinajstić information content (AvgIpc) is 3.18. The van der Waals surface area contributed by atoms with E-state index in [1.807, 2.05) is 43.1 Å².